The van der Waals surface area contributed by atoms with Gasteiger partial charge in [0.2, 0.25) is 0 Å². The average molecular weight is 723 g/mol. The number of unbranched alkanes of at least 4 members (excludes halogenated alkanes) is 3. The molecule has 0 N–H and O–H groups in total. The number of ether oxygens (including phenoxy) is 1. The monoisotopic (exact) mass is 722 g/mol. The van der Waals surface area contributed by atoms with Crippen molar-refractivity contribution < 1.29 is 25.2 Å². The van der Waals surface area contributed by atoms with Gasteiger partial charge in [-0.05, 0) is 66.6 Å². The van der Waals surface area contributed by atoms with Gasteiger partial charge in [-0.3, -0.25) is 4.68 Å². The van der Waals surface area contributed by atoms with E-state index in [1.165, 1.54) is 36.1 Å². The molecule has 0 aliphatic heterocycles. The van der Waals surface area contributed by atoms with E-state index in [4.69, 9.17) is 14.8 Å². The number of hydrogen-bond acceptors (Lipinski definition) is 3. The molecule has 4 aromatic carbocycles. The molecule has 0 fully saturated rings. The fourth-order valence-electron chi connectivity index (χ4n) is 6.55. The van der Waals surface area contributed by atoms with Gasteiger partial charge in [0.15, 0.2) is 0 Å². The van der Waals surface area contributed by atoms with Gasteiger partial charge in [-0.1, -0.05) is 93.6 Å². The quantitative estimate of drug-likeness (QED) is 0.0716. The first-order chi connectivity index (χ1) is 23.1. The molecule has 0 bridgehead atoms. The van der Waals surface area contributed by atoms with Crippen molar-refractivity contribution in [3.05, 3.63) is 132 Å². The molecule has 7 aromatic rings. The first-order valence-electron chi connectivity index (χ1n) is 16.9. The zero-order valence-corrected chi connectivity index (χ0v) is 29.3. The molecular weight excluding hydrogens is 683 g/mol. The van der Waals surface area contributed by atoms with Crippen LogP contribution in [0, 0.1) is 19.1 Å². The van der Waals surface area contributed by atoms with E-state index in [1.54, 1.807) is 0 Å². The number of rotatable bonds is 12. The molecule has 48 heavy (non-hydrogen) atoms. The van der Waals surface area contributed by atoms with Crippen molar-refractivity contribution in [1.29, 1.82) is 0 Å². The molecule has 0 unspecified atom stereocenters. The molecule has 3 heterocycles. The number of nitrogens with zero attached hydrogens (tertiary/aromatic N) is 4. The van der Waals surface area contributed by atoms with Crippen LogP contribution in [0.3, 0.4) is 0 Å². The smallest absolute Gasteiger partial charge is 0.509 e. The fraction of sp³-hybridized carbons (Fsp3) is 0.238. The Labute approximate surface area is 297 Å². The van der Waals surface area contributed by atoms with E-state index in [0.717, 1.165) is 70.3 Å². The van der Waals surface area contributed by atoms with Crippen LogP contribution in [0.1, 0.15) is 62.9 Å². The molecule has 0 saturated heterocycles. The zero-order chi connectivity index (χ0) is 32.2. The number of hydrogen-bond donors (Lipinski definition) is 0. The third kappa shape index (κ3) is 6.74. The van der Waals surface area contributed by atoms with E-state index >= 15 is 0 Å². The summed E-state index contributed by atoms with van der Waals surface area (Å²) >= 11 is 0. The Morgan fingerprint density at radius 2 is 1.54 bits per heavy atom. The van der Waals surface area contributed by atoms with Crippen molar-refractivity contribution in [3.8, 4) is 34.1 Å². The standard InChI is InChI=1S/C42H40N4O.Pd/c1-4-6-7-11-22-39-42(31-16-9-8-10-17-31)37(15-5-2)44-46(39)32-18-14-19-33(28-32)47-34-23-24-36-35-20-12-13-21-38(35)45(40(36)29-34)41-27-30(3)25-26-43-41;/h8-10,12-14,16-21,23-27H,4-7,11,15,22H2,1-3H3;/q-2;+2. The van der Waals surface area contributed by atoms with Gasteiger partial charge in [-0.25, -0.2) is 4.98 Å². The summed E-state index contributed by atoms with van der Waals surface area (Å²) in [6.07, 6.45) is 9.56. The minimum atomic E-state index is 0. The van der Waals surface area contributed by atoms with Crippen LogP contribution >= 0.6 is 0 Å². The summed E-state index contributed by atoms with van der Waals surface area (Å²) in [5, 5.41) is 7.49. The number of pyridine rings is 1. The minimum absolute atomic E-state index is 0. The van der Waals surface area contributed by atoms with E-state index in [9.17, 15) is 0 Å². The Morgan fingerprint density at radius 1 is 0.729 bits per heavy atom. The molecule has 0 atom stereocenters. The van der Waals surface area contributed by atoms with Crippen molar-refractivity contribution >= 4 is 21.8 Å². The van der Waals surface area contributed by atoms with Gasteiger partial charge >= 0.3 is 20.4 Å². The fourth-order valence-corrected chi connectivity index (χ4v) is 6.55. The largest absolute Gasteiger partial charge is 2.00 e. The number of benzene rings is 4. The Morgan fingerprint density at radius 3 is 2.35 bits per heavy atom. The maximum atomic E-state index is 6.50. The zero-order valence-electron chi connectivity index (χ0n) is 27.8. The Kier molecular flexibility index (Phi) is 10.5. The van der Waals surface area contributed by atoms with Crippen molar-refractivity contribution in [2.24, 2.45) is 0 Å². The van der Waals surface area contributed by atoms with Gasteiger partial charge in [0.25, 0.3) is 0 Å². The molecule has 0 spiro atoms. The van der Waals surface area contributed by atoms with Crippen LogP contribution in [0.2, 0.25) is 0 Å². The van der Waals surface area contributed by atoms with Crippen LogP contribution in [0.4, 0.5) is 0 Å². The summed E-state index contributed by atoms with van der Waals surface area (Å²) in [6, 6.07) is 40.5. The SMILES string of the molecule is CCCCCCc1c(-c2ccccc2)c(CCC)nn1-c1[c-]c(Oc2[c-]c3c(cc2)c2ccccc2n3-c2cc(C)ccn2)ccc1.[Pd+2]. The molecule has 0 aliphatic rings. The second kappa shape index (κ2) is 15.2. The number of para-hydroxylation sites is 1. The topological polar surface area (TPSA) is 44.9 Å². The summed E-state index contributed by atoms with van der Waals surface area (Å²) < 4.78 is 10.8. The van der Waals surface area contributed by atoms with E-state index in [0.29, 0.717) is 11.5 Å². The third-order valence-electron chi connectivity index (χ3n) is 8.76. The van der Waals surface area contributed by atoms with E-state index in [-0.39, 0.29) is 20.4 Å². The van der Waals surface area contributed by atoms with Crippen LogP contribution in [-0.2, 0) is 33.3 Å². The average Bonchev–Trinajstić information content (AvgIpc) is 3.62. The molecule has 7 rings (SSSR count). The first-order valence-corrected chi connectivity index (χ1v) is 16.9. The van der Waals surface area contributed by atoms with Crippen LogP contribution < -0.4 is 4.74 Å². The Balaban J connectivity index is 0.00000401. The number of aryl methyl sites for hydroxylation is 2. The molecule has 0 radical (unpaired) electrons. The summed E-state index contributed by atoms with van der Waals surface area (Å²) in [5.74, 6) is 2.11. The van der Waals surface area contributed by atoms with Crippen LogP contribution in [-0.4, -0.2) is 19.3 Å². The molecular formula is C42H40N4OPd. The summed E-state index contributed by atoms with van der Waals surface area (Å²) in [6.45, 7) is 6.56. The molecule has 0 aliphatic carbocycles. The van der Waals surface area contributed by atoms with Gasteiger partial charge in [-0.15, -0.1) is 35.7 Å². The van der Waals surface area contributed by atoms with E-state index < -0.39 is 0 Å². The summed E-state index contributed by atoms with van der Waals surface area (Å²) in [4.78, 5) is 4.71. The second-order valence-corrected chi connectivity index (χ2v) is 12.2. The third-order valence-corrected chi connectivity index (χ3v) is 8.76. The predicted octanol–water partition coefficient (Wildman–Crippen LogP) is 10.8. The molecule has 5 nitrogen and oxygen atoms in total. The van der Waals surface area contributed by atoms with E-state index in [2.05, 4.69) is 115 Å². The Hall–Kier alpha value is -4.50. The van der Waals surface area contributed by atoms with Crippen LogP contribution in [0.25, 0.3) is 44.4 Å². The van der Waals surface area contributed by atoms with Gasteiger partial charge in [0.05, 0.1) is 5.69 Å². The normalized spacial score (nSPS) is 11.2. The summed E-state index contributed by atoms with van der Waals surface area (Å²) in [7, 11) is 0. The minimum Gasteiger partial charge on any atom is -0.509 e. The van der Waals surface area contributed by atoms with Gasteiger partial charge in [0.1, 0.15) is 5.82 Å². The molecule has 0 saturated carbocycles. The van der Waals surface area contributed by atoms with Crippen molar-refractivity contribution in [2.75, 3.05) is 0 Å². The van der Waals surface area contributed by atoms with Crippen molar-refractivity contribution in [2.45, 2.75) is 65.7 Å². The molecule has 0 amide bonds. The van der Waals surface area contributed by atoms with Crippen LogP contribution in [0.15, 0.2) is 103 Å². The Bertz CT molecular complexity index is 2150. The van der Waals surface area contributed by atoms with E-state index in [1.807, 2.05) is 30.5 Å². The van der Waals surface area contributed by atoms with Gasteiger partial charge < -0.3 is 9.30 Å². The van der Waals surface area contributed by atoms with Gasteiger partial charge in [-0.2, -0.15) is 17.2 Å². The number of aromatic nitrogens is 4. The first kappa shape index (κ1) is 33.4. The van der Waals surface area contributed by atoms with Crippen molar-refractivity contribution in [3.63, 3.8) is 0 Å². The molecule has 244 valence electrons. The summed E-state index contributed by atoms with van der Waals surface area (Å²) in [5.41, 5.74) is 8.92. The maximum Gasteiger partial charge on any atom is 2.00 e. The maximum absolute atomic E-state index is 6.50. The molecule has 6 heteroatoms. The van der Waals surface area contributed by atoms with Crippen LogP contribution in [0.5, 0.6) is 11.5 Å². The second-order valence-electron chi connectivity index (χ2n) is 12.2. The number of fused-ring (bicyclic) bond motifs is 3. The van der Waals surface area contributed by atoms with Crippen molar-refractivity contribution in [1.82, 2.24) is 19.3 Å². The van der Waals surface area contributed by atoms with Gasteiger partial charge in [0, 0.05) is 34.5 Å². The molecule has 3 aromatic heterocycles. The predicted molar refractivity (Wildman–Crippen MR) is 192 cm³/mol.